The van der Waals surface area contributed by atoms with E-state index >= 15 is 0 Å². The summed E-state index contributed by atoms with van der Waals surface area (Å²) < 4.78 is 1.56. The number of nitrogens with zero attached hydrogens (tertiary/aromatic N) is 3. The first-order valence-corrected chi connectivity index (χ1v) is 6.75. The molecule has 0 aliphatic carbocycles. The quantitative estimate of drug-likeness (QED) is 0.823. The van der Waals surface area contributed by atoms with Crippen molar-refractivity contribution < 1.29 is 4.79 Å². The van der Waals surface area contributed by atoms with Crippen LogP contribution < -0.4 is 5.32 Å². The summed E-state index contributed by atoms with van der Waals surface area (Å²) in [6, 6.07) is 0.453. The van der Waals surface area contributed by atoms with Crippen LogP contribution in [0.1, 0.15) is 23.3 Å². The smallest absolute Gasteiger partial charge is 0.273 e. The second kappa shape index (κ2) is 4.55. The Morgan fingerprint density at radius 2 is 2.39 bits per heavy atom. The van der Waals surface area contributed by atoms with Crippen molar-refractivity contribution in [1.29, 1.82) is 0 Å². The number of piperidine rings is 1. The Hall–Kier alpha value is -1.07. The van der Waals surface area contributed by atoms with Crippen molar-refractivity contribution in [3.05, 3.63) is 16.9 Å². The summed E-state index contributed by atoms with van der Waals surface area (Å²) in [7, 11) is 1.75. The van der Waals surface area contributed by atoms with Crippen LogP contribution in [0.2, 0.25) is 5.02 Å². The molecule has 6 heteroatoms. The number of amides is 1. The third-order valence-electron chi connectivity index (χ3n) is 3.98. The monoisotopic (exact) mass is 268 g/mol. The number of halogens is 1. The average molecular weight is 269 g/mol. The summed E-state index contributed by atoms with van der Waals surface area (Å²) in [5.41, 5.74) is 0.496. The van der Waals surface area contributed by atoms with Gasteiger partial charge in [0.15, 0.2) is 0 Å². The summed E-state index contributed by atoms with van der Waals surface area (Å²) >= 11 is 6.02. The maximum absolute atomic E-state index is 12.4. The Morgan fingerprint density at radius 1 is 1.56 bits per heavy atom. The second-order valence-electron chi connectivity index (χ2n) is 5.14. The van der Waals surface area contributed by atoms with Crippen LogP contribution in [0.5, 0.6) is 0 Å². The van der Waals surface area contributed by atoms with Gasteiger partial charge in [0.1, 0.15) is 5.69 Å². The van der Waals surface area contributed by atoms with Crippen molar-refractivity contribution in [2.75, 3.05) is 19.6 Å². The van der Waals surface area contributed by atoms with Crippen molar-refractivity contribution in [3.8, 4) is 0 Å². The first kappa shape index (κ1) is 12.0. The zero-order chi connectivity index (χ0) is 12.7. The molecule has 5 nitrogen and oxygen atoms in total. The molecular formula is C12H17ClN4O. The van der Waals surface area contributed by atoms with E-state index in [9.17, 15) is 4.79 Å². The first-order chi connectivity index (χ1) is 8.66. The molecule has 1 aromatic rings. The summed E-state index contributed by atoms with van der Waals surface area (Å²) in [6.45, 7) is 2.68. The zero-order valence-corrected chi connectivity index (χ0v) is 11.2. The number of hydrogen-bond acceptors (Lipinski definition) is 3. The Balaban J connectivity index is 1.78. The molecule has 2 aliphatic heterocycles. The fourth-order valence-corrected chi connectivity index (χ4v) is 3.26. The minimum absolute atomic E-state index is 0.00352. The number of likely N-dealkylation sites (tertiary alicyclic amines) is 1. The lowest BCUT2D eigenvalue weighted by Gasteiger charge is -2.24. The SMILES string of the molecule is Cn1ncc(Cl)c1C(=O)N1CC2CCCNC2C1. The van der Waals surface area contributed by atoms with Crippen LogP contribution in [0.25, 0.3) is 0 Å². The van der Waals surface area contributed by atoms with Crippen molar-refractivity contribution >= 4 is 17.5 Å². The van der Waals surface area contributed by atoms with Gasteiger partial charge in [0, 0.05) is 26.2 Å². The van der Waals surface area contributed by atoms with Crippen LogP contribution in [0, 0.1) is 5.92 Å². The second-order valence-corrected chi connectivity index (χ2v) is 5.54. The van der Waals surface area contributed by atoms with Gasteiger partial charge in [-0.2, -0.15) is 5.10 Å². The van der Waals surface area contributed by atoms with E-state index in [2.05, 4.69) is 10.4 Å². The molecular weight excluding hydrogens is 252 g/mol. The molecule has 3 rings (SSSR count). The van der Waals surface area contributed by atoms with Crippen molar-refractivity contribution in [2.24, 2.45) is 13.0 Å². The molecule has 1 N–H and O–H groups in total. The highest BCUT2D eigenvalue weighted by atomic mass is 35.5. The minimum Gasteiger partial charge on any atom is -0.335 e. The van der Waals surface area contributed by atoms with E-state index in [4.69, 9.17) is 11.6 Å². The highest BCUT2D eigenvalue weighted by Gasteiger charge is 2.37. The normalized spacial score (nSPS) is 27.3. The Kier molecular flexibility index (Phi) is 3.03. The van der Waals surface area contributed by atoms with Crippen molar-refractivity contribution in [1.82, 2.24) is 20.0 Å². The lowest BCUT2D eigenvalue weighted by Crippen LogP contribution is -2.41. The molecule has 0 saturated carbocycles. The van der Waals surface area contributed by atoms with Gasteiger partial charge in [0.05, 0.1) is 11.2 Å². The molecule has 1 aromatic heterocycles. The van der Waals surface area contributed by atoms with Gasteiger partial charge in [-0.1, -0.05) is 11.6 Å². The highest BCUT2D eigenvalue weighted by molar-refractivity contribution is 6.33. The van der Waals surface area contributed by atoms with Gasteiger partial charge in [-0.15, -0.1) is 0 Å². The molecule has 2 aliphatic rings. The van der Waals surface area contributed by atoms with Gasteiger partial charge in [-0.05, 0) is 25.3 Å². The number of carbonyl (C=O) groups excluding carboxylic acids is 1. The van der Waals surface area contributed by atoms with Crippen LogP contribution in [0.3, 0.4) is 0 Å². The van der Waals surface area contributed by atoms with Crippen LogP contribution >= 0.6 is 11.6 Å². The summed E-state index contributed by atoms with van der Waals surface area (Å²) in [5, 5.41) is 7.95. The van der Waals surface area contributed by atoms with Crippen LogP contribution in [0.4, 0.5) is 0 Å². The molecule has 98 valence electrons. The van der Waals surface area contributed by atoms with E-state index in [0.717, 1.165) is 19.6 Å². The predicted octanol–water partition coefficient (Wildman–Crippen LogP) is 0.897. The maximum atomic E-state index is 12.4. The van der Waals surface area contributed by atoms with Crippen molar-refractivity contribution in [3.63, 3.8) is 0 Å². The molecule has 0 spiro atoms. The van der Waals surface area contributed by atoms with Gasteiger partial charge >= 0.3 is 0 Å². The van der Waals surface area contributed by atoms with Crippen LogP contribution in [0.15, 0.2) is 6.20 Å². The molecule has 0 aromatic carbocycles. The van der Waals surface area contributed by atoms with E-state index in [0.29, 0.717) is 22.7 Å². The lowest BCUT2D eigenvalue weighted by atomic mass is 9.94. The number of aryl methyl sites for hydroxylation is 1. The maximum Gasteiger partial charge on any atom is 0.273 e. The molecule has 2 fully saturated rings. The first-order valence-electron chi connectivity index (χ1n) is 6.37. The van der Waals surface area contributed by atoms with Gasteiger partial charge in [0.2, 0.25) is 0 Å². The molecule has 18 heavy (non-hydrogen) atoms. The molecule has 0 radical (unpaired) electrons. The molecule has 3 heterocycles. The van der Waals surface area contributed by atoms with Gasteiger partial charge in [0.25, 0.3) is 5.91 Å². The van der Waals surface area contributed by atoms with Crippen LogP contribution in [-0.4, -0.2) is 46.3 Å². The van der Waals surface area contributed by atoms with E-state index in [-0.39, 0.29) is 5.91 Å². The van der Waals surface area contributed by atoms with E-state index in [1.807, 2.05) is 4.90 Å². The Labute approximate surface area is 111 Å². The van der Waals surface area contributed by atoms with Gasteiger partial charge in [-0.3, -0.25) is 9.48 Å². The number of hydrogen-bond donors (Lipinski definition) is 1. The molecule has 1 amide bonds. The Bertz CT molecular complexity index is 439. The summed E-state index contributed by atoms with van der Waals surface area (Å²) in [4.78, 5) is 14.3. The zero-order valence-electron chi connectivity index (χ0n) is 10.4. The average Bonchev–Trinajstić information content (AvgIpc) is 2.92. The van der Waals surface area contributed by atoms with Gasteiger partial charge < -0.3 is 10.2 Å². The predicted molar refractivity (Wildman–Crippen MR) is 68.6 cm³/mol. The molecule has 2 saturated heterocycles. The topological polar surface area (TPSA) is 50.2 Å². The number of nitrogens with one attached hydrogen (secondary N) is 1. The molecule has 2 atom stereocenters. The van der Waals surface area contributed by atoms with E-state index in [1.165, 1.54) is 19.0 Å². The highest BCUT2D eigenvalue weighted by Crippen LogP contribution is 2.27. The molecule has 2 unspecified atom stereocenters. The number of aromatic nitrogens is 2. The Morgan fingerprint density at radius 3 is 3.06 bits per heavy atom. The number of rotatable bonds is 1. The third kappa shape index (κ3) is 1.91. The fraction of sp³-hybridized carbons (Fsp3) is 0.667. The third-order valence-corrected chi connectivity index (χ3v) is 4.26. The van der Waals surface area contributed by atoms with Gasteiger partial charge in [-0.25, -0.2) is 0 Å². The number of carbonyl (C=O) groups is 1. The minimum atomic E-state index is -0.00352. The fourth-order valence-electron chi connectivity index (χ4n) is 3.01. The standard InChI is InChI=1S/C12H17ClN4O/c1-16-11(9(13)5-15-16)12(18)17-6-8-3-2-4-14-10(8)7-17/h5,8,10,14H,2-4,6-7H2,1H3. The summed E-state index contributed by atoms with van der Waals surface area (Å²) in [6.07, 6.45) is 3.94. The van der Waals surface area contributed by atoms with Crippen molar-refractivity contribution in [2.45, 2.75) is 18.9 Å². The molecule has 0 bridgehead atoms. The lowest BCUT2D eigenvalue weighted by molar-refractivity contribution is 0.0775. The largest absolute Gasteiger partial charge is 0.335 e. The number of fused-ring (bicyclic) bond motifs is 1. The van der Waals surface area contributed by atoms with E-state index in [1.54, 1.807) is 11.7 Å². The summed E-state index contributed by atoms with van der Waals surface area (Å²) in [5.74, 6) is 0.589. The van der Waals surface area contributed by atoms with Crippen LogP contribution in [-0.2, 0) is 7.05 Å². The van der Waals surface area contributed by atoms with E-state index < -0.39 is 0 Å².